The smallest absolute Gasteiger partial charge is 0.251 e. The van der Waals surface area contributed by atoms with Crippen LogP contribution in [0.25, 0.3) is 0 Å². The van der Waals surface area contributed by atoms with E-state index < -0.39 is 9.84 Å². The largest absolute Gasteiger partial charge is 0.352 e. The Morgan fingerprint density at radius 1 is 1.27 bits per heavy atom. The van der Waals surface area contributed by atoms with Gasteiger partial charge in [0.1, 0.15) is 0 Å². The van der Waals surface area contributed by atoms with Crippen LogP contribution in [0.2, 0.25) is 0 Å². The average molecular weight is 324 g/mol. The number of carbonyl (C=O) groups is 2. The fraction of sp³-hybridized carbons (Fsp3) is 0.467. The molecule has 0 spiro atoms. The van der Waals surface area contributed by atoms with E-state index in [1.165, 1.54) is 24.3 Å². The topological polar surface area (TPSA) is 83.6 Å². The predicted octanol–water partition coefficient (Wildman–Crippen LogP) is 0.832. The summed E-state index contributed by atoms with van der Waals surface area (Å²) in [7, 11) is -3.25. The van der Waals surface area contributed by atoms with Crippen molar-refractivity contribution in [3.05, 3.63) is 29.8 Å². The van der Waals surface area contributed by atoms with Crippen molar-refractivity contribution in [2.45, 2.75) is 24.2 Å². The van der Waals surface area contributed by atoms with Crippen molar-refractivity contribution < 1.29 is 18.0 Å². The molecule has 7 heteroatoms. The summed E-state index contributed by atoms with van der Waals surface area (Å²) < 4.78 is 22.7. The molecule has 1 aliphatic rings. The molecule has 0 aliphatic carbocycles. The summed E-state index contributed by atoms with van der Waals surface area (Å²) in [6.07, 6.45) is 3.37. The highest BCUT2D eigenvalue weighted by Crippen LogP contribution is 2.11. The summed E-state index contributed by atoms with van der Waals surface area (Å²) in [6.45, 7) is 1.95. The first-order valence-electron chi connectivity index (χ1n) is 7.24. The molecule has 0 aromatic heterocycles. The lowest BCUT2D eigenvalue weighted by molar-refractivity contribution is -0.127. The molecule has 1 fully saturated rings. The van der Waals surface area contributed by atoms with Crippen LogP contribution in [-0.2, 0) is 14.6 Å². The first-order chi connectivity index (χ1) is 10.4. The zero-order valence-electron chi connectivity index (χ0n) is 12.5. The van der Waals surface area contributed by atoms with E-state index in [0.717, 1.165) is 19.2 Å². The van der Waals surface area contributed by atoms with E-state index in [-0.39, 0.29) is 16.7 Å². The third-order valence-corrected chi connectivity index (χ3v) is 4.73. The first kappa shape index (κ1) is 16.5. The third-order valence-electron chi connectivity index (χ3n) is 3.61. The lowest BCUT2D eigenvalue weighted by Gasteiger charge is -2.15. The van der Waals surface area contributed by atoms with E-state index in [4.69, 9.17) is 0 Å². The molecule has 22 heavy (non-hydrogen) atoms. The van der Waals surface area contributed by atoms with E-state index in [1.807, 2.05) is 4.90 Å². The fourth-order valence-corrected chi connectivity index (χ4v) is 3.00. The second kappa shape index (κ2) is 6.91. The summed E-state index contributed by atoms with van der Waals surface area (Å²) in [5.41, 5.74) is 0.421. The van der Waals surface area contributed by atoms with Gasteiger partial charge in [-0.1, -0.05) is 0 Å². The Morgan fingerprint density at radius 3 is 2.50 bits per heavy atom. The molecule has 0 atom stereocenters. The van der Waals surface area contributed by atoms with Crippen molar-refractivity contribution >= 4 is 21.7 Å². The van der Waals surface area contributed by atoms with Gasteiger partial charge in [0, 0.05) is 37.9 Å². The van der Waals surface area contributed by atoms with Crippen LogP contribution in [-0.4, -0.2) is 51.0 Å². The Kier molecular flexibility index (Phi) is 5.18. The van der Waals surface area contributed by atoms with Crippen LogP contribution < -0.4 is 5.32 Å². The minimum absolute atomic E-state index is 0.183. The van der Waals surface area contributed by atoms with Crippen molar-refractivity contribution in [2.75, 3.05) is 25.9 Å². The maximum absolute atomic E-state index is 11.9. The van der Waals surface area contributed by atoms with E-state index in [1.54, 1.807) is 0 Å². The van der Waals surface area contributed by atoms with Crippen molar-refractivity contribution in [3.8, 4) is 0 Å². The molecule has 1 aromatic carbocycles. The monoisotopic (exact) mass is 324 g/mol. The van der Waals surface area contributed by atoms with Gasteiger partial charge in [-0.2, -0.15) is 0 Å². The van der Waals surface area contributed by atoms with Gasteiger partial charge in [-0.3, -0.25) is 9.59 Å². The van der Waals surface area contributed by atoms with Crippen LogP contribution in [0.5, 0.6) is 0 Å². The van der Waals surface area contributed by atoms with Gasteiger partial charge in [0.05, 0.1) is 4.90 Å². The zero-order chi connectivity index (χ0) is 16.2. The van der Waals surface area contributed by atoms with Gasteiger partial charge in [0.25, 0.3) is 5.91 Å². The highest BCUT2D eigenvalue weighted by atomic mass is 32.2. The molecule has 1 aromatic rings. The van der Waals surface area contributed by atoms with Crippen LogP contribution in [0.3, 0.4) is 0 Å². The summed E-state index contributed by atoms with van der Waals surface area (Å²) in [5.74, 6) is -0.0597. The second-order valence-corrected chi connectivity index (χ2v) is 7.41. The summed E-state index contributed by atoms with van der Waals surface area (Å²) in [5, 5.41) is 2.77. The van der Waals surface area contributed by atoms with Crippen LogP contribution in [0.15, 0.2) is 29.2 Å². The average Bonchev–Trinajstić information content (AvgIpc) is 2.88. The molecule has 1 N–H and O–H groups in total. The van der Waals surface area contributed by atoms with E-state index in [2.05, 4.69) is 5.32 Å². The molecule has 1 aliphatic heterocycles. The molecule has 1 heterocycles. The Balaban J connectivity index is 1.78. The van der Waals surface area contributed by atoms with Crippen molar-refractivity contribution in [3.63, 3.8) is 0 Å². The van der Waals surface area contributed by atoms with E-state index in [0.29, 0.717) is 31.5 Å². The minimum Gasteiger partial charge on any atom is -0.352 e. The maximum Gasteiger partial charge on any atom is 0.251 e. The molecule has 6 nitrogen and oxygen atoms in total. The molecule has 1 saturated heterocycles. The number of amides is 2. The number of nitrogens with one attached hydrogen (secondary N) is 1. The Labute approximate surface area is 130 Å². The number of rotatable bonds is 6. The number of likely N-dealkylation sites (tertiary alicyclic amines) is 1. The number of benzene rings is 1. The van der Waals surface area contributed by atoms with Crippen molar-refractivity contribution in [1.29, 1.82) is 0 Å². The molecule has 0 unspecified atom stereocenters. The summed E-state index contributed by atoms with van der Waals surface area (Å²) in [4.78, 5) is 25.4. The van der Waals surface area contributed by atoms with E-state index >= 15 is 0 Å². The van der Waals surface area contributed by atoms with Crippen molar-refractivity contribution in [2.24, 2.45) is 0 Å². The highest BCUT2D eigenvalue weighted by molar-refractivity contribution is 7.90. The Hall–Kier alpha value is -1.89. The molecule has 2 rings (SSSR count). The zero-order valence-corrected chi connectivity index (χ0v) is 13.4. The quantitative estimate of drug-likeness (QED) is 0.786. The Bertz CT molecular complexity index is 653. The molecular formula is C15H20N2O4S. The van der Waals surface area contributed by atoms with Gasteiger partial charge >= 0.3 is 0 Å². The van der Waals surface area contributed by atoms with Crippen LogP contribution in [0, 0.1) is 0 Å². The van der Waals surface area contributed by atoms with Crippen LogP contribution >= 0.6 is 0 Å². The number of hydrogen-bond donors (Lipinski definition) is 1. The SMILES string of the molecule is CS(=O)(=O)c1ccc(C(=O)NCCCN2CCCC2=O)cc1. The molecule has 120 valence electrons. The fourth-order valence-electron chi connectivity index (χ4n) is 2.37. The first-order valence-corrected chi connectivity index (χ1v) is 9.13. The number of nitrogens with zero attached hydrogens (tertiary/aromatic N) is 1. The van der Waals surface area contributed by atoms with Crippen molar-refractivity contribution in [1.82, 2.24) is 10.2 Å². The van der Waals surface area contributed by atoms with Gasteiger partial charge < -0.3 is 10.2 Å². The van der Waals surface area contributed by atoms with Gasteiger partial charge in [-0.25, -0.2) is 8.42 Å². The molecule has 2 amide bonds. The molecule has 0 radical (unpaired) electrons. The number of hydrogen-bond acceptors (Lipinski definition) is 4. The van der Waals surface area contributed by atoms with Gasteiger partial charge in [0.2, 0.25) is 5.91 Å². The molecule has 0 saturated carbocycles. The lowest BCUT2D eigenvalue weighted by atomic mass is 10.2. The summed E-state index contributed by atoms with van der Waals surface area (Å²) in [6, 6.07) is 5.84. The second-order valence-electron chi connectivity index (χ2n) is 5.39. The molecule has 0 bridgehead atoms. The normalized spacial score (nSPS) is 15.1. The highest BCUT2D eigenvalue weighted by Gasteiger charge is 2.19. The Morgan fingerprint density at radius 2 is 1.95 bits per heavy atom. The van der Waals surface area contributed by atoms with Gasteiger partial charge in [0.15, 0.2) is 9.84 Å². The summed E-state index contributed by atoms with van der Waals surface area (Å²) >= 11 is 0. The maximum atomic E-state index is 11.9. The predicted molar refractivity (Wildman–Crippen MR) is 82.3 cm³/mol. The molecular weight excluding hydrogens is 304 g/mol. The van der Waals surface area contributed by atoms with Crippen LogP contribution in [0.1, 0.15) is 29.6 Å². The number of carbonyl (C=O) groups excluding carboxylic acids is 2. The third kappa shape index (κ3) is 4.30. The standard InChI is InChI=1S/C15H20N2O4S/c1-22(20,21)13-7-5-12(6-8-13)15(19)16-9-3-11-17-10-2-4-14(17)18/h5-8H,2-4,9-11H2,1H3,(H,16,19). The van der Waals surface area contributed by atoms with Crippen LogP contribution in [0.4, 0.5) is 0 Å². The lowest BCUT2D eigenvalue weighted by Crippen LogP contribution is -2.30. The minimum atomic E-state index is -3.25. The number of sulfone groups is 1. The van der Waals surface area contributed by atoms with E-state index in [9.17, 15) is 18.0 Å². The van der Waals surface area contributed by atoms with Gasteiger partial charge in [-0.05, 0) is 37.1 Å². The van der Waals surface area contributed by atoms with Gasteiger partial charge in [-0.15, -0.1) is 0 Å².